The maximum absolute atomic E-state index is 12.0. The minimum Gasteiger partial charge on any atom is -0.866 e. The predicted molar refractivity (Wildman–Crippen MR) is 424 cm³/mol. The number of anilines is 4. The van der Waals surface area contributed by atoms with E-state index in [4.69, 9.17) is 0 Å². The molecule has 0 aliphatic carbocycles. The Balaban J connectivity index is -0.000000187. The van der Waals surface area contributed by atoms with Crippen molar-refractivity contribution in [3.63, 3.8) is 0 Å². The molecular formula is C76H140N4O16Si8Ti4. The van der Waals surface area contributed by atoms with Gasteiger partial charge >= 0.3 is 86.9 Å². The topological polar surface area (TPSA) is 382 Å². The van der Waals surface area contributed by atoms with Crippen molar-refractivity contribution in [3.8, 4) is 0 Å². The first kappa shape index (κ1) is 124. The van der Waals surface area contributed by atoms with E-state index >= 15 is 0 Å². The average molecular weight is 1780 g/mol. The molecule has 4 aromatic rings. The molecule has 0 spiro atoms. The number of rotatable bonds is 20. The van der Waals surface area contributed by atoms with E-state index in [9.17, 15) is 78.0 Å². The second kappa shape index (κ2) is 49.4. The number of hydrogen-bond donors (Lipinski definition) is 0. The largest absolute Gasteiger partial charge is 4.00 e. The molecule has 0 atom stereocenters. The fourth-order valence-corrected chi connectivity index (χ4v) is 29.6. The summed E-state index contributed by atoms with van der Waals surface area (Å²) in [6.45, 7) is 74.7. The quantitative estimate of drug-likeness (QED) is 0.106. The number of benzene rings is 4. The fourth-order valence-electron chi connectivity index (χ4n) is 10.6. The molecule has 32 heteroatoms. The van der Waals surface area contributed by atoms with Crippen LogP contribution in [0.3, 0.4) is 0 Å². The first-order valence-corrected chi connectivity index (χ1v) is 56.9. The third kappa shape index (κ3) is 50.6. The van der Waals surface area contributed by atoms with E-state index in [1.165, 1.54) is 16.9 Å². The Kier molecular flexibility index (Phi) is 56.6. The number of nitrogens with zero attached hydrogens (tertiary/aromatic N) is 4. The SMILES string of the molecule is CC(C)(C)[O-].CC(C)(C)[O-].CC(C)(C)[O-].CC(C)(C)[O-].CC(C)c1cccc(C(C)C)c1N([Si](C)(C)C)[Si]([O-])([O-])[O-].CC(C)c1cccc(C(C)C)c1N([Si](C)(C)C)[Si]([O-])([O-])[O-].CC(C)c1cccc(C(C)C)c1N([Si](C)(C)C)[Si]([O-])([O-])[O-].CC(C)c1cccc(C(C)C)c1N([Si](C)(C)C)[Si]([O-])([O-])[O-].[Ti+4].[Ti+4].[Ti+4].[Ti+4]. The van der Waals surface area contributed by atoms with Gasteiger partial charge in [0.15, 0.2) is 0 Å². The zero-order valence-corrected chi connectivity index (χ0v) is 88.1. The molecule has 0 radical (unpaired) electrons. The molecule has 0 N–H and O–H groups in total. The van der Waals surface area contributed by atoms with E-state index in [1.807, 2.05) is 262 Å². The van der Waals surface area contributed by atoms with Gasteiger partial charge in [0.2, 0.25) is 0 Å². The Morgan fingerprint density at radius 2 is 0.287 bits per heavy atom. The van der Waals surface area contributed by atoms with E-state index in [0.717, 1.165) is 44.5 Å². The van der Waals surface area contributed by atoms with Crippen LogP contribution in [0.15, 0.2) is 72.8 Å². The Morgan fingerprint density at radius 1 is 0.213 bits per heavy atom. The van der Waals surface area contributed by atoms with Gasteiger partial charge in [-0.15, -0.1) is 22.4 Å². The third-order valence-corrected chi connectivity index (χ3v) is 34.7. The number of hydrogen-bond acceptors (Lipinski definition) is 20. The van der Waals surface area contributed by atoms with Crippen molar-refractivity contribution >= 4 is 91.6 Å². The van der Waals surface area contributed by atoms with Crippen molar-refractivity contribution in [1.29, 1.82) is 0 Å². The van der Waals surface area contributed by atoms with Gasteiger partial charge in [0.1, 0.15) is 32.9 Å². The molecule has 0 heterocycles. The maximum Gasteiger partial charge on any atom is 4.00 e. The van der Waals surface area contributed by atoms with Gasteiger partial charge in [0.05, 0.1) is 0 Å². The summed E-state index contributed by atoms with van der Waals surface area (Å²) in [5.74, 6) is 1.29. The van der Waals surface area contributed by atoms with E-state index < -0.39 is 91.2 Å². The van der Waals surface area contributed by atoms with Crippen molar-refractivity contribution in [1.82, 2.24) is 0 Å². The summed E-state index contributed by atoms with van der Waals surface area (Å²) >= 11 is 0. The van der Waals surface area contributed by atoms with Crippen molar-refractivity contribution in [2.75, 3.05) is 16.9 Å². The summed E-state index contributed by atoms with van der Waals surface area (Å²) in [5.41, 5.74) is 7.00. The summed E-state index contributed by atoms with van der Waals surface area (Å²) in [7, 11) is -30.1. The second-order valence-electron chi connectivity index (χ2n) is 36.9. The van der Waals surface area contributed by atoms with Crippen molar-refractivity contribution < 1.29 is 165 Å². The number of para-hydroxylation sites is 4. The minimum absolute atomic E-state index is 0. The first-order valence-electron chi connectivity index (χ1n) is 36.5. The molecule has 0 aliphatic heterocycles. The molecule has 0 bridgehead atoms. The average Bonchev–Trinajstić information content (AvgIpc) is 0.783. The van der Waals surface area contributed by atoms with E-state index in [2.05, 4.69) is 0 Å². The van der Waals surface area contributed by atoms with Crippen LogP contribution in [0.2, 0.25) is 78.6 Å². The van der Waals surface area contributed by atoms with Crippen LogP contribution in [0.4, 0.5) is 22.7 Å². The van der Waals surface area contributed by atoms with Crippen LogP contribution in [0.5, 0.6) is 0 Å². The van der Waals surface area contributed by atoms with Crippen LogP contribution < -0.4 is 94.9 Å². The van der Waals surface area contributed by atoms with Crippen LogP contribution >= 0.6 is 0 Å². The summed E-state index contributed by atoms with van der Waals surface area (Å²) in [4.78, 5) is 144. The van der Waals surface area contributed by atoms with Crippen LogP contribution in [0, 0.1) is 0 Å². The van der Waals surface area contributed by atoms with Gasteiger partial charge in [-0.25, -0.2) is 0 Å². The van der Waals surface area contributed by atoms with Gasteiger partial charge in [-0.3, -0.25) is 0 Å². The molecule has 20 nitrogen and oxygen atoms in total. The summed E-state index contributed by atoms with van der Waals surface area (Å²) < 4.78 is 4.91. The van der Waals surface area contributed by atoms with Gasteiger partial charge in [0, 0.05) is 22.7 Å². The zero-order valence-electron chi connectivity index (χ0n) is 73.9. The van der Waals surface area contributed by atoms with E-state index in [1.54, 1.807) is 83.1 Å². The summed E-state index contributed by atoms with van der Waals surface area (Å²) in [6.07, 6.45) is 0. The molecule has 108 heavy (non-hydrogen) atoms. The Labute approximate surface area is 726 Å². The molecule has 0 aliphatic rings. The molecule has 608 valence electrons. The van der Waals surface area contributed by atoms with Crippen LogP contribution in [-0.4, -0.2) is 91.2 Å². The van der Waals surface area contributed by atoms with Crippen molar-refractivity contribution in [2.24, 2.45) is 0 Å². The van der Waals surface area contributed by atoms with Gasteiger partial charge in [0.25, 0.3) is 0 Å². The smallest absolute Gasteiger partial charge is 0.866 e. The predicted octanol–water partition coefficient (Wildman–Crippen LogP) is 4.94. The Bertz CT molecular complexity index is 2540. The first-order chi connectivity index (χ1) is 45.5. The molecule has 4 rings (SSSR count). The molecule has 4 aromatic carbocycles. The van der Waals surface area contributed by atoms with Crippen LogP contribution in [-0.2, 0) is 86.9 Å². The van der Waals surface area contributed by atoms with Crippen molar-refractivity contribution in [2.45, 2.75) is 342 Å². The molecule has 0 amide bonds. The van der Waals surface area contributed by atoms with Crippen molar-refractivity contribution in [3.05, 3.63) is 117 Å². The van der Waals surface area contributed by atoms with Gasteiger partial charge in [-0.2, -0.15) is 35.9 Å². The molecule has 0 unspecified atom stereocenters. The summed E-state index contributed by atoms with van der Waals surface area (Å²) in [6, 6.07) is 23.2. The van der Waals surface area contributed by atoms with Gasteiger partial charge in [-0.05, 0) is 91.9 Å². The van der Waals surface area contributed by atoms with E-state index in [0.29, 0.717) is 22.7 Å². The van der Waals surface area contributed by atoms with Crippen LogP contribution in [0.25, 0.3) is 0 Å². The fraction of sp³-hybridized carbons (Fsp3) is 0.684. The molecule has 0 saturated carbocycles. The van der Waals surface area contributed by atoms with Gasteiger partial charge < -0.3 is 94.9 Å². The standard InChI is InChI=1S/4C15H26NO3Si2.4C4H9O.4Ti/c4*1-11(2)13-9-8-10-14(12(3)4)15(13)16(20(5,6)7)21(17,18)19;4*1-4(2,3)5;;;;/h4*8-12H,1-7H3;4*1-3H3;;;;/q4*-3;4*-1;4*+4. The Hall–Kier alpha value is 0.0322. The Morgan fingerprint density at radius 3 is 0.333 bits per heavy atom. The van der Waals surface area contributed by atoms with Crippen LogP contribution in [0.1, 0.15) is 286 Å². The zero-order chi connectivity index (χ0) is 84.3. The van der Waals surface area contributed by atoms with E-state index in [-0.39, 0.29) is 134 Å². The third-order valence-electron chi connectivity index (χ3n) is 14.0. The second-order valence-corrected chi connectivity index (χ2v) is 63.9. The molecule has 0 saturated heterocycles. The molecular weight excluding hydrogens is 1640 g/mol. The minimum atomic E-state index is -5.17. The van der Waals surface area contributed by atoms with Gasteiger partial charge in [-0.1, -0.05) is 345 Å². The normalized spacial score (nSPS) is 12.4. The maximum atomic E-state index is 12.0. The molecule has 0 fully saturated rings. The monoisotopic (exact) mass is 1780 g/mol. The molecule has 0 aromatic heterocycles. The summed E-state index contributed by atoms with van der Waals surface area (Å²) in [5, 5.41) is 40.4.